The van der Waals surface area contributed by atoms with Crippen LogP contribution in [0, 0.1) is 11.3 Å². The number of fused-ring (bicyclic) bond motifs is 2. The molecule has 1 aromatic rings. The summed E-state index contributed by atoms with van der Waals surface area (Å²) < 4.78 is 0. The van der Waals surface area contributed by atoms with Gasteiger partial charge in [-0.15, -0.1) is 0 Å². The second-order valence-corrected chi connectivity index (χ2v) is 11.1. The SMILES string of the molecule is CC(CO)(CO)C(=O)N(CCN1[C@@H]2CC[C@H]1CC(c1cccc(C(N)=O)c1)C2)CC1CCCC1. The third-order valence-corrected chi connectivity index (χ3v) is 8.61. The number of hydrogen-bond donors (Lipinski definition) is 3. The summed E-state index contributed by atoms with van der Waals surface area (Å²) in [6.45, 7) is 3.16. The largest absolute Gasteiger partial charge is 0.395 e. The van der Waals surface area contributed by atoms with Crippen LogP contribution in [0.4, 0.5) is 0 Å². The summed E-state index contributed by atoms with van der Waals surface area (Å²) in [7, 11) is 0. The van der Waals surface area contributed by atoms with Crippen molar-refractivity contribution in [2.45, 2.75) is 76.3 Å². The average molecular weight is 472 g/mol. The van der Waals surface area contributed by atoms with E-state index in [1.54, 1.807) is 13.0 Å². The predicted octanol–water partition coefficient (Wildman–Crippen LogP) is 2.51. The number of nitrogens with zero attached hydrogens (tertiary/aromatic N) is 2. The van der Waals surface area contributed by atoms with E-state index in [1.165, 1.54) is 18.4 Å². The van der Waals surface area contributed by atoms with E-state index in [9.17, 15) is 19.8 Å². The maximum atomic E-state index is 13.3. The fourth-order valence-electron chi connectivity index (χ4n) is 6.44. The maximum absolute atomic E-state index is 13.3. The van der Waals surface area contributed by atoms with Crippen LogP contribution in [0.5, 0.6) is 0 Å². The zero-order valence-corrected chi connectivity index (χ0v) is 20.5. The fourth-order valence-corrected chi connectivity index (χ4v) is 6.44. The zero-order valence-electron chi connectivity index (χ0n) is 20.5. The Morgan fingerprint density at radius 3 is 2.32 bits per heavy atom. The molecule has 0 aromatic heterocycles. The van der Waals surface area contributed by atoms with Crippen molar-refractivity contribution in [1.82, 2.24) is 9.80 Å². The van der Waals surface area contributed by atoms with Gasteiger partial charge in [0.2, 0.25) is 11.8 Å². The van der Waals surface area contributed by atoms with Gasteiger partial charge >= 0.3 is 0 Å². The van der Waals surface area contributed by atoms with E-state index in [0.29, 0.717) is 36.0 Å². The van der Waals surface area contributed by atoms with Crippen molar-refractivity contribution in [3.63, 3.8) is 0 Å². The van der Waals surface area contributed by atoms with Gasteiger partial charge in [0.1, 0.15) is 0 Å². The van der Waals surface area contributed by atoms with Crippen LogP contribution in [-0.4, -0.2) is 76.8 Å². The van der Waals surface area contributed by atoms with Crippen LogP contribution in [0.2, 0.25) is 0 Å². The minimum atomic E-state index is -1.13. The number of hydrogen-bond acceptors (Lipinski definition) is 5. The van der Waals surface area contributed by atoms with Crippen molar-refractivity contribution in [2.24, 2.45) is 17.1 Å². The van der Waals surface area contributed by atoms with Crippen LogP contribution in [0.15, 0.2) is 24.3 Å². The van der Waals surface area contributed by atoms with E-state index in [0.717, 1.165) is 51.6 Å². The van der Waals surface area contributed by atoms with Crippen molar-refractivity contribution in [3.8, 4) is 0 Å². The molecule has 3 aliphatic rings. The summed E-state index contributed by atoms with van der Waals surface area (Å²) in [6.07, 6.45) is 9.19. The van der Waals surface area contributed by atoms with Gasteiger partial charge in [-0.1, -0.05) is 25.0 Å². The fraction of sp³-hybridized carbons (Fsp3) is 0.704. The van der Waals surface area contributed by atoms with Gasteiger partial charge in [0.25, 0.3) is 0 Å². The van der Waals surface area contributed by atoms with E-state index in [4.69, 9.17) is 5.73 Å². The topological polar surface area (TPSA) is 107 Å². The highest BCUT2D eigenvalue weighted by atomic mass is 16.3. The Bertz CT molecular complexity index is 851. The number of carbonyl (C=O) groups excluding carboxylic acids is 2. The second kappa shape index (κ2) is 10.8. The van der Waals surface area contributed by atoms with Crippen molar-refractivity contribution in [1.29, 1.82) is 0 Å². The van der Waals surface area contributed by atoms with Gasteiger partial charge < -0.3 is 20.8 Å². The molecule has 188 valence electrons. The number of rotatable bonds is 10. The molecule has 1 saturated carbocycles. The summed E-state index contributed by atoms with van der Waals surface area (Å²) >= 11 is 0. The normalized spacial score (nSPS) is 25.6. The smallest absolute Gasteiger partial charge is 0.248 e. The van der Waals surface area contributed by atoms with Crippen molar-refractivity contribution in [3.05, 3.63) is 35.4 Å². The Hall–Kier alpha value is -1.96. The number of aliphatic hydroxyl groups excluding tert-OH is 2. The quantitative estimate of drug-likeness (QED) is 0.486. The number of benzene rings is 1. The Kier molecular flexibility index (Phi) is 7.95. The summed E-state index contributed by atoms with van der Waals surface area (Å²) in [4.78, 5) is 29.5. The highest BCUT2D eigenvalue weighted by Crippen LogP contribution is 2.43. The van der Waals surface area contributed by atoms with Gasteiger partial charge in [-0.05, 0) is 75.0 Å². The minimum Gasteiger partial charge on any atom is -0.395 e. The standard InChI is InChI=1S/C27H41N3O4/c1-27(17-31,18-32)26(34)29(16-19-5-2-3-6-19)11-12-30-23-9-10-24(30)15-22(14-23)20-7-4-8-21(13-20)25(28)33/h4,7-8,13,19,22-24,31-32H,2-3,5-6,9-12,14-18H2,1H3,(H2,28,33)/t22?,23-,24+. The summed E-state index contributed by atoms with van der Waals surface area (Å²) in [5.74, 6) is 0.434. The average Bonchev–Trinajstić information content (AvgIpc) is 3.45. The lowest BCUT2D eigenvalue weighted by Crippen LogP contribution is -2.52. The van der Waals surface area contributed by atoms with Gasteiger partial charge in [0.15, 0.2) is 0 Å². The Balaban J connectivity index is 1.42. The van der Waals surface area contributed by atoms with Crippen molar-refractivity contribution >= 4 is 11.8 Å². The summed E-state index contributed by atoms with van der Waals surface area (Å²) in [5.41, 5.74) is 6.14. The van der Waals surface area contributed by atoms with Crippen molar-refractivity contribution in [2.75, 3.05) is 32.8 Å². The lowest BCUT2D eigenvalue weighted by molar-refractivity contribution is -0.147. The first kappa shape index (κ1) is 25.1. The molecule has 2 bridgehead atoms. The number of piperidine rings is 1. The highest BCUT2D eigenvalue weighted by Gasteiger charge is 2.42. The second-order valence-electron chi connectivity index (χ2n) is 11.1. The van der Waals surface area contributed by atoms with Gasteiger partial charge in [-0.2, -0.15) is 0 Å². The molecule has 4 N–H and O–H groups in total. The lowest BCUT2D eigenvalue weighted by atomic mass is 9.84. The lowest BCUT2D eigenvalue weighted by Gasteiger charge is -2.41. The molecular weight excluding hydrogens is 430 g/mol. The Morgan fingerprint density at radius 1 is 1.09 bits per heavy atom. The number of aliphatic hydroxyl groups is 2. The molecule has 2 heterocycles. The van der Waals surface area contributed by atoms with E-state index in [-0.39, 0.29) is 25.0 Å². The molecule has 3 atom stereocenters. The molecule has 2 aliphatic heterocycles. The number of primary amides is 1. The van der Waals surface area contributed by atoms with Gasteiger partial charge in [0.05, 0.1) is 18.6 Å². The Labute approximate surface area is 203 Å². The third-order valence-electron chi connectivity index (χ3n) is 8.61. The Morgan fingerprint density at radius 2 is 1.74 bits per heavy atom. The first-order valence-electron chi connectivity index (χ1n) is 13.0. The van der Waals surface area contributed by atoms with Gasteiger partial charge in [0, 0.05) is 37.3 Å². The van der Waals surface area contributed by atoms with E-state index in [2.05, 4.69) is 11.0 Å². The van der Waals surface area contributed by atoms with E-state index >= 15 is 0 Å². The molecule has 2 saturated heterocycles. The van der Waals surface area contributed by atoms with E-state index < -0.39 is 5.41 Å². The molecule has 7 nitrogen and oxygen atoms in total. The maximum Gasteiger partial charge on any atom is 0.248 e. The molecule has 2 amide bonds. The van der Waals surface area contributed by atoms with Crippen LogP contribution in [0.1, 0.15) is 80.1 Å². The third kappa shape index (κ3) is 5.31. The van der Waals surface area contributed by atoms with Gasteiger partial charge in [-0.3, -0.25) is 14.5 Å². The van der Waals surface area contributed by atoms with Crippen LogP contribution in [-0.2, 0) is 4.79 Å². The molecule has 4 rings (SSSR count). The zero-order chi connectivity index (χ0) is 24.3. The number of amides is 2. The minimum absolute atomic E-state index is 0.130. The number of nitrogens with two attached hydrogens (primary N) is 1. The first-order chi connectivity index (χ1) is 16.3. The van der Waals surface area contributed by atoms with Gasteiger partial charge in [-0.25, -0.2) is 0 Å². The number of carbonyl (C=O) groups is 2. The predicted molar refractivity (Wildman–Crippen MR) is 131 cm³/mol. The van der Waals surface area contributed by atoms with Crippen LogP contribution < -0.4 is 5.73 Å². The molecule has 1 aromatic carbocycles. The summed E-state index contributed by atoms with van der Waals surface area (Å²) in [6, 6.07) is 8.72. The van der Waals surface area contributed by atoms with Crippen molar-refractivity contribution < 1.29 is 19.8 Å². The first-order valence-corrected chi connectivity index (χ1v) is 13.0. The molecular formula is C27H41N3O4. The van der Waals surface area contributed by atoms with Crippen LogP contribution in [0.25, 0.3) is 0 Å². The van der Waals surface area contributed by atoms with Crippen LogP contribution >= 0.6 is 0 Å². The van der Waals surface area contributed by atoms with Crippen LogP contribution in [0.3, 0.4) is 0 Å². The molecule has 0 spiro atoms. The summed E-state index contributed by atoms with van der Waals surface area (Å²) in [5, 5.41) is 19.6. The molecule has 1 aliphatic carbocycles. The molecule has 1 unspecified atom stereocenters. The molecule has 0 radical (unpaired) electrons. The van der Waals surface area contributed by atoms with E-state index in [1.807, 2.05) is 17.0 Å². The highest BCUT2D eigenvalue weighted by molar-refractivity contribution is 5.92. The molecule has 7 heteroatoms. The molecule has 3 fully saturated rings. The monoisotopic (exact) mass is 471 g/mol. The molecule has 34 heavy (non-hydrogen) atoms.